The zero-order valence-electron chi connectivity index (χ0n) is 14.7. The van der Waals surface area contributed by atoms with Gasteiger partial charge in [0.05, 0.1) is 0 Å². The van der Waals surface area contributed by atoms with Crippen molar-refractivity contribution in [2.24, 2.45) is 0 Å². The Bertz CT molecular complexity index is 1210. The van der Waals surface area contributed by atoms with E-state index in [1.54, 1.807) is 30.3 Å². The van der Waals surface area contributed by atoms with Crippen LogP contribution in [0.2, 0.25) is 5.02 Å². The molecule has 1 aromatic heterocycles. The monoisotopic (exact) mass is 394 g/mol. The Labute approximate surface area is 165 Å². The lowest BCUT2D eigenvalue weighted by Gasteiger charge is -2.10. The van der Waals surface area contributed by atoms with Crippen LogP contribution in [-0.4, -0.2) is 12.6 Å². The summed E-state index contributed by atoms with van der Waals surface area (Å²) in [5.74, 6) is -0.0327. The van der Waals surface area contributed by atoms with Crippen molar-refractivity contribution in [2.45, 2.75) is 6.61 Å². The maximum absolute atomic E-state index is 12.1. The molecule has 0 aliphatic carbocycles. The van der Waals surface area contributed by atoms with E-state index in [1.807, 2.05) is 30.3 Å². The van der Waals surface area contributed by atoms with Crippen LogP contribution in [0.15, 0.2) is 75.9 Å². The van der Waals surface area contributed by atoms with Gasteiger partial charge in [-0.15, -0.1) is 0 Å². The molecule has 0 aliphatic heterocycles. The molecule has 6 heteroatoms. The minimum absolute atomic E-state index is 0.0566. The van der Waals surface area contributed by atoms with Gasteiger partial charge in [0.25, 0.3) is 0 Å². The topological polar surface area (TPSA) is 65.7 Å². The average Bonchev–Trinajstić information content (AvgIpc) is 2.71. The molecule has 0 spiro atoms. The zero-order valence-corrected chi connectivity index (χ0v) is 15.4. The first kappa shape index (κ1) is 18.1. The Balaban J connectivity index is 1.54. The molecule has 0 amide bonds. The van der Waals surface area contributed by atoms with E-state index in [0.717, 1.165) is 16.2 Å². The molecular formula is C22H15ClO5. The number of halogens is 1. The Hall–Kier alpha value is -3.31. The van der Waals surface area contributed by atoms with Crippen molar-refractivity contribution in [3.05, 3.63) is 87.7 Å². The Morgan fingerprint density at radius 3 is 2.61 bits per heavy atom. The van der Waals surface area contributed by atoms with Gasteiger partial charge in [0.2, 0.25) is 0 Å². The van der Waals surface area contributed by atoms with Gasteiger partial charge in [-0.2, -0.15) is 0 Å². The van der Waals surface area contributed by atoms with Gasteiger partial charge in [0, 0.05) is 22.0 Å². The number of benzene rings is 3. The third-order valence-corrected chi connectivity index (χ3v) is 4.53. The van der Waals surface area contributed by atoms with E-state index in [9.17, 15) is 9.59 Å². The first-order valence-electron chi connectivity index (χ1n) is 8.58. The minimum Gasteiger partial charge on any atom is -0.482 e. The van der Waals surface area contributed by atoms with Crippen molar-refractivity contribution >= 4 is 39.3 Å². The summed E-state index contributed by atoms with van der Waals surface area (Å²) in [6, 6.07) is 19.4. The van der Waals surface area contributed by atoms with E-state index >= 15 is 0 Å². The molecule has 5 nitrogen and oxygen atoms in total. The van der Waals surface area contributed by atoms with Gasteiger partial charge in [-0.25, -0.2) is 9.59 Å². The van der Waals surface area contributed by atoms with Crippen molar-refractivity contribution < 1.29 is 18.7 Å². The average molecular weight is 395 g/mol. The van der Waals surface area contributed by atoms with Gasteiger partial charge < -0.3 is 13.9 Å². The van der Waals surface area contributed by atoms with E-state index in [1.165, 1.54) is 6.07 Å². The maximum Gasteiger partial charge on any atom is 0.344 e. The molecule has 1 heterocycles. The second-order valence-corrected chi connectivity index (χ2v) is 6.59. The summed E-state index contributed by atoms with van der Waals surface area (Å²) in [6.45, 7) is -0.305. The second-order valence-electron chi connectivity index (χ2n) is 6.15. The van der Waals surface area contributed by atoms with Crippen LogP contribution in [0, 0.1) is 0 Å². The van der Waals surface area contributed by atoms with Gasteiger partial charge >= 0.3 is 11.6 Å². The van der Waals surface area contributed by atoms with Crippen molar-refractivity contribution in [2.75, 3.05) is 6.61 Å². The molecule has 0 saturated carbocycles. The number of ether oxygens (including phenoxy) is 2. The molecule has 4 aromatic rings. The van der Waals surface area contributed by atoms with Gasteiger partial charge in [-0.05, 0) is 41.1 Å². The first-order valence-corrected chi connectivity index (χ1v) is 8.96. The summed E-state index contributed by atoms with van der Waals surface area (Å²) in [5, 5.41) is 3.26. The highest BCUT2D eigenvalue weighted by atomic mass is 35.5. The Morgan fingerprint density at radius 2 is 1.79 bits per heavy atom. The van der Waals surface area contributed by atoms with E-state index < -0.39 is 11.6 Å². The SMILES string of the molecule is O=C(COc1ccc(Cl)cc1)OCc1cc(=O)oc2ccc3ccccc3c12. The molecule has 0 fully saturated rings. The fourth-order valence-corrected chi connectivity index (χ4v) is 3.13. The molecular weight excluding hydrogens is 380 g/mol. The summed E-state index contributed by atoms with van der Waals surface area (Å²) in [7, 11) is 0. The summed E-state index contributed by atoms with van der Waals surface area (Å²) in [5.41, 5.74) is 0.545. The van der Waals surface area contributed by atoms with Crippen molar-refractivity contribution in [3.8, 4) is 5.75 Å². The van der Waals surface area contributed by atoms with Crippen LogP contribution in [-0.2, 0) is 16.1 Å². The summed E-state index contributed by atoms with van der Waals surface area (Å²) >= 11 is 5.81. The van der Waals surface area contributed by atoms with Crippen LogP contribution in [0.5, 0.6) is 5.75 Å². The number of hydrogen-bond donors (Lipinski definition) is 0. The molecule has 0 atom stereocenters. The number of carbonyl (C=O) groups is 1. The Kier molecular flexibility index (Phi) is 5.00. The highest BCUT2D eigenvalue weighted by Gasteiger charge is 2.12. The predicted octanol–water partition coefficient (Wildman–Crippen LogP) is 4.72. The van der Waals surface area contributed by atoms with Crippen LogP contribution in [0.25, 0.3) is 21.7 Å². The number of esters is 1. The first-order chi connectivity index (χ1) is 13.6. The highest BCUT2D eigenvalue weighted by molar-refractivity contribution is 6.30. The summed E-state index contributed by atoms with van der Waals surface area (Å²) in [4.78, 5) is 23.9. The van der Waals surface area contributed by atoms with Gasteiger partial charge in [0.15, 0.2) is 6.61 Å². The van der Waals surface area contributed by atoms with Gasteiger partial charge in [-0.3, -0.25) is 0 Å². The van der Waals surface area contributed by atoms with Crippen LogP contribution in [0.3, 0.4) is 0 Å². The largest absolute Gasteiger partial charge is 0.482 e. The van der Waals surface area contributed by atoms with Crippen LogP contribution in [0.4, 0.5) is 0 Å². The molecule has 28 heavy (non-hydrogen) atoms. The lowest BCUT2D eigenvalue weighted by Crippen LogP contribution is -2.15. The van der Waals surface area contributed by atoms with E-state index in [-0.39, 0.29) is 13.2 Å². The normalized spacial score (nSPS) is 10.9. The molecule has 0 aliphatic rings. The van der Waals surface area contributed by atoms with Crippen molar-refractivity contribution in [3.63, 3.8) is 0 Å². The summed E-state index contributed by atoms with van der Waals surface area (Å²) < 4.78 is 16.0. The molecule has 4 rings (SSSR count). The van der Waals surface area contributed by atoms with Crippen molar-refractivity contribution in [1.29, 1.82) is 0 Å². The number of fused-ring (bicyclic) bond motifs is 3. The standard InChI is InChI=1S/C22H15ClO5/c23-16-6-8-17(9-7-16)26-13-21(25)27-12-15-11-20(24)28-19-10-5-14-3-1-2-4-18(14)22(15)19/h1-11H,12-13H2. The third-order valence-electron chi connectivity index (χ3n) is 4.27. The van der Waals surface area contributed by atoms with E-state index in [4.69, 9.17) is 25.5 Å². The van der Waals surface area contributed by atoms with Gasteiger partial charge in [-0.1, -0.05) is 41.9 Å². The van der Waals surface area contributed by atoms with Crippen LogP contribution in [0.1, 0.15) is 5.56 Å². The molecule has 140 valence electrons. The highest BCUT2D eigenvalue weighted by Crippen LogP contribution is 2.27. The zero-order chi connectivity index (χ0) is 19.5. The fraction of sp³-hybridized carbons (Fsp3) is 0.0909. The van der Waals surface area contributed by atoms with Crippen molar-refractivity contribution in [1.82, 2.24) is 0 Å². The molecule has 0 saturated heterocycles. The smallest absolute Gasteiger partial charge is 0.344 e. The molecule has 3 aromatic carbocycles. The second kappa shape index (κ2) is 7.74. The quantitative estimate of drug-likeness (QED) is 0.278. The van der Waals surface area contributed by atoms with Crippen LogP contribution < -0.4 is 10.4 Å². The van der Waals surface area contributed by atoms with Crippen LogP contribution >= 0.6 is 11.6 Å². The summed E-state index contributed by atoms with van der Waals surface area (Å²) in [6.07, 6.45) is 0. The molecule has 0 N–H and O–H groups in total. The molecule has 0 radical (unpaired) electrons. The maximum atomic E-state index is 12.1. The number of carbonyl (C=O) groups excluding carboxylic acids is 1. The van der Waals surface area contributed by atoms with E-state index in [2.05, 4.69) is 0 Å². The minimum atomic E-state index is -0.545. The predicted molar refractivity (Wildman–Crippen MR) is 107 cm³/mol. The van der Waals surface area contributed by atoms with Gasteiger partial charge in [0.1, 0.15) is 17.9 Å². The lowest BCUT2D eigenvalue weighted by atomic mass is 10.0. The number of hydrogen-bond acceptors (Lipinski definition) is 5. The lowest BCUT2D eigenvalue weighted by molar-refractivity contribution is -0.147. The fourth-order valence-electron chi connectivity index (χ4n) is 3.01. The third kappa shape index (κ3) is 3.85. The number of rotatable bonds is 5. The molecule has 0 unspecified atom stereocenters. The Morgan fingerprint density at radius 1 is 1.00 bits per heavy atom. The molecule has 0 bridgehead atoms. The van der Waals surface area contributed by atoms with E-state index in [0.29, 0.717) is 21.9 Å².